The number of para-hydroxylation sites is 1. The first-order valence-corrected chi connectivity index (χ1v) is 10.8. The predicted octanol–water partition coefficient (Wildman–Crippen LogP) is 4.10. The Labute approximate surface area is 189 Å². The number of benzene rings is 2. The molecule has 0 unspecified atom stereocenters. The van der Waals surface area contributed by atoms with Gasteiger partial charge in [-0.25, -0.2) is 4.79 Å². The zero-order chi connectivity index (χ0) is 23.6. The van der Waals surface area contributed by atoms with Crippen LogP contribution in [0.15, 0.2) is 48.5 Å². The molecule has 0 radical (unpaired) electrons. The van der Waals surface area contributed by atoms with Crippen molar-refractivity contribution < 1.29 is 19.1 Å². The fourth-order valence-corrected chi connectivity index (χ4v) is 3.02. The van der Waals surface area contributed by atoms with E-state index in [1.807, 2.05) is 49.4 Å². The topological polar surface area (TPSA) is 96.5 Å². The Morgan fingerprint density at radius 1 is 0.844 bits per heavy atom. The summed E-state index contributed by atoms with van der Waals surface area (Å²) >= 11 is 0. The second kappa shape index (κ2) is 11.9. The Hall–Kier alpha value is -3.35. The van der Waals surface area contributed by atoms with Gasteiger partial charge in [-0.3, -0.25) is 9.59 Å². The number of ether oxygens (including phenoxy) is 1. The van der Waals surface area contributed by atoms with Gasteiger partial charge in [0.1, 0.15) is 5.60 Å². The number of aryl methyl sites for hydroxylation is 2. The normalized spacial score (nSPS) is 10.9. The summed E-state index contributed by atoms with van der Waals surface area (Å²) in [5.74, 6) is -0.282. The van der Waals surface area contributed by atoms with Gasteiger partial charge in [0.25, 0.3) is 0 Å². The van der Waals surface area contributed by atoms with E-state index in [4.69, 9.17) is 4.74 Å². The minimum Gasteiger partial charge on any atom is -0.444 e. The van der Waals surface area contributed by atoms with Crippen molar-refractivity contribution in [2.24, 2.45) is 0 Å². The zero-order valence-electron chi connectivity index (χ0n) is 19.3. The average molecular weight is 440 g/mol. The van der Waals surface area contributed by atoms with Gasteiger partial charge in [0.05, 0.1) is 0 Å². The number of carbonyl (C=O) groups is 3. The molecule has 172 valence electrons. The molecule has 2 aromatic rings. The molecule has 0 atom stereocenters. The van der Waals surface area contributed by atoms with Crippen molar-refractivity contribution >= 4 is 23.6 Å². The van der Waals surface area contributed by atoms with Crippen LogP contribution in [-0.2, 0) is 27.3 Å². The third-order valence-electron chi connectivity index (χ3n) is 4.67. The van der Waals surface area contributed by atoms with Gasteiger partial charge >= 0.3 is 6.09 Å². The summed E-state index contributed by atoms with van der Waals surface area (Å²) < 4.78 is 5.14. The third kappa shape index (κ3) is 9.20. The van der Waals surface area contributed by atoms with Crippen LogP contribution < -0.4 is 16.0 Å². The molecule has 2 rings (SSSR count). The van der Waals surface area contributed by atoms with Crippen LogP contribution in [-0.4, -0.2) is 30.1 Å². The van der Waals surface area contributed by atoms with E-state index in [9.17, 15) is 14.4 Å². The number of nitrogens with one attached hydrogen (secondary N) is 3. The van der Waals surface area contributed by atoms with E-state index in [2.05, 4.69) is 16.0 Å². The van der Waals surface area contributed by atoms with E-state index in [1.54, 1.807) is 26.8 Å². The van der Waals surface area contributed by atoms with Crippen molar-refractivity contribution in [2.45, 2.75) is 59.1 Å². The van der Waals surface area contributed by atoms with Crippen LogP contribution in [0, 0.1) is 6.92 Å². The maximum absolute atomic E-state index is 12.3. The largest absolute Gasteiger partial charge is 0.444 e. The summed E-state index contributed by atoms with van der Waals surface area (Å²) in [5, 5.41) is 8.32. The first kappa shape index (κ1) is 24.9. The first-order valence-electron chi connectivity index (χ1n) is 10.8. The van der Waals surface area contributed by atoms with Gasteiger partial charge < -0.3 is 20.7 Å². The number of hydrogen-bond acceptors (Lipinski definition) is 4. The molecule has 0 aliphatic carbocycles. The fraction of sp³-hybridized carbons (Fsp3) is 0.400. The predicted molar refractivity (Wildman–Crippen MR) is 125 cm³/mol. The molecular weight excluding hydrogens is 406 g/mol. The minimum atomic E-state index is -0.588. The number of amides is 3. The van der Waals surface area contributed by atoms with Gasteiger partial charge in [0, 0.05) is 31.6 Å². The Morgan fingerprint density at radius 2 is 1.50 bits per heavy atom. The monoisotopic (exact) mass is 439 g/mol. The Kier molecular flexibility index (Phi) is 9.25. The lowest BCUT2D eigenvalue weighted by Crippen LogP contribution is -2.34. The lowest BCUT2D eigenvalue weighted by molar-refractivity contribution is -0.121. The maximum atomic E-state index is 12.3. The molecule has 3 N–H and O–H groups in total. The van der Waals surface area contributed by atoms with Crippen molar-refractivity contribution in [3.63, 3.8) is 0 Å². The molecule has 0 aliphatic rings. The van der Waals surface area contributed by atoms with Gasteiger partial charge in [-0.2, -0.15) is 0 Å². The molecule has 7 heteroatoms. The van der Waals surface area contributed by atoms with Gasteiger partial charge in [0.2, 0.25) is 11.8 Å². The molecule has 0 aromatic heterocycles. The van der Waals surface area contributed by atoms with Crippen LogP contribution in [0.4, 0.5) is 10.5 Å². The lowest BCUT2D eigenvalue weighted by Gasteiger charge is -2.19. The molecule has 0 saturated heterocycles. The van der Waals surface area contributed by atoms with Crippen molar-refractivity contribution in [1.29, 1.82) is 0 Å². The Morgan fingerprint density at radius 3 is 2.19 bits per heavy atom. The number of rotatable bonds is 9. The average Bonchev–Trinajstić information content (AvgIpc) is 2.71. The van der Waals surface area contributed by atoms with Crippen LogP contribution >= 0.6 is 0 Å². The maximum Gasteiger partial charge on any atom is 0.407 e. The highest BCUT2D eigenvalue weighted by atomic mass is 16.6. The van der Waals surface area contributed by atoms with Crippen LogP contribution in [0.1, 0.15) is 50.3 Å². The van der Waals surface area contributed by atoms with Crippen LogP contribution in [0.25, 0.3) is 0 Å². The van der Waals surface area contributed by atoms with Crippen molar-refractivity contribution in [3.05, 3.63) is 65.2 Å². The van der Waals surface area contributed by atoms with Crippen molar-refractivity contribution in [2.75, 3.05) is 11.9 Å². The van der Waals surface area contributed by atoms with Gasteiger partial charge in [-0.1, -0.05) is 42.5 Å². The standard InChI is InChI=1S/C25H33N3O4/c1-18-9-5-6-10-19(18)13-14-22(29)27-17-20-11-7-8-12-21(20)28-23(30)15-16-26-24(31)32-25(2,3)4/h5-12H,13-17H2,1-4H3,(H,26,31)(H,27,29)(H,28,30). The van der Waals surface area contributed by atoms with Crippen molar-refractivity contribution in [3.8, 4) is 0 Å². The van der Waals surface area contributed by atoms with Crippen LogP contribution in [0.2, 0.25) is 0 Å². The molecule has 0 aliphatic heterocycles. The summed E-state index contributed by atoms with van der Waals surface area (Å²) in [4.78, 5) is 36.2. The highest BCUT2D eigenvalue weighted by Crippen LogP contribution is 2.15. The summed E-state index contributed by atoms with van der Waals surface area (Å²) in [6.07, 6.45) is 0.632. The molecule has 0 heterocycles. The summed E-state index contributed by atoms with van der Waals surface area (Å²) in [7, 11) is 0. The van der Waals surface area contributed by atoms with Crippen LogP contribution in [0.5, 0.6) is 0 Å². The smallest absolute Gasteiger partial charge is 0.407 e. The van der Waals surface area contributed by atoms with E-state index in [0.717, 1.165) is 11.1 Å². The van der Waals surface area contributed by atoms with Crippen molar-refractivity contribution in [1.82, 2.24) is 10.6 Å². The minimum absolute atomic E-state index is 0.0454. The van der Waals surface area contributed by atoms with E-state index >= 15 is 0 Å². The number of carbonyl (C=O) groups excluding carboxylic acids is 3. The third-order valence-corrected chi connectivity index (χ3v) is 4.67. The Balaban J connectivity index is 1.79. The van der Waals surface area contributed by atoms with E-state index < -0.39 is 11.7 Å². The second-order valence-corrected chi connectivity index (χ2v) is 8.59. The SMILES string of the molecule is Cc1ccccc1CCC(=O)NCc1ccccc1NC(=O)CCNC(=O)OC(C)(C)C. The summed E-state index contributed by atoms with van der Waals surface area (Å²) in [6.45, 7) is 7.85. The molecule has 32 heavy (non-hydrogen) atoms. The number of alkyl carbamates (subject to hydrolysis) is 1. The molecule has 0 bridgehead atoms. The van der Waals surface area contributed by atoms with Gasteiger partial charge in [-0.05, 0) is 56.9 Å². The fourth-order valence-electron chi connectivity index (χ4n) is 3.02. The molecule has 7 nitrogen and oxygen atoms in total. The molecule has 0 fully saturated rings. The van der Waals surface area contributed by atoms with Gasteiger partial charge in [-0.15, -0.1) is 0 Å². The van der Waals surface area contributed by atoms with E-state index in [-0.39, 0.29) is 24.8 Å². The van der Waals surface area contributed by atoms with Gasteiger partial charge in [0.15, 0.2) is 0 Å². The molecular formula is C25H33N3O4. The highest BCUT2D eigenvalue weighted by Gasteiger charge is 2.16. The quantitative estimate of drug-likeness (QED) is 0.548. The molecule has 0 spiro atoms. The molecule has 2 aromatic carbocycles. The zero-order valence-corrected chi connectivity index (χ0v) is 19.3. The second-order valence-electron chi connectivity index (χ2n) is 8.59. The number of hydrogen-bond donors (Lipinski definition) is 3. The molecule has 0 saturated carbocycles. The van der Waals surface area contributed by atoms with E-state index in [0.29, 0.717) is 25.1 Å². The Bertz CT molecular complexity index is 935. The number of anilines is 1. The summed E-state index contributed by atoms with van der Waals surface area (Å²) in [5.41, 5.74) is 3.19. The first-order chi connectivity index (χ1) is 15.1. The lowest BCUT2D eigenvalue weighted by atomic mass is 10.0. The van der Waals surface area contributed by atoms with Crippen LogP contribution in [0.3, 0.4) is 0 Å². The highest BCUT2D eigenvalue weighted by molar-refractivity contribution is 5.92. The summed E-state index contributed by atoms with van der Waals surface area (Å²) in [6, 6.07) is 15.3. The van der Waals surface area contributed by atoms with E-state index in [1.165, 1.54) is 5.56 Å². The molecule has 3 amide bonds.